The first-order valence-corrected chi connectivity index (χ1v) is 5.24. The second kappa shape index (κ2) is 4.73. The van der Waals surface area contributed by atoms with Crippen LogP contribution < -0.4 is 10.6 Å². The molecule has 15 heavy (non-hydrogen) atoms. The molecule has 0 bridgehead atoms. The van der Waals surface area contributed by atoms with Gasteiger partial charge in [-0.05, 0) is 31.5 Å². The largest absolute Gasteiger partial charge is 0.398 e. The molecule has 1 rings (SSSR count). The van der Waals surface area contributed by atoms with E-state index in [1.165, 1.54) is 0 Å². The summed E-state index contributed by atoms with van der Waals surface area (Å²) in [6.07, 6.45) is 0. The minimum atomic E-state index is 0.0587. The van der Waals surface area contributed by atoms with E-state index in [1.54, 1.807) is 0 Å². The molecule has 3 N–H and O–H groups in total. The normalized spacial score (nSPS) is 12.6. The summed E-state index contributed by atoms with van der Waals surface area (Å²) in [7, 11) is 1.93. The van der Waals surface area contributed by atoms with Crippen LogP contribution in [-0.4, -0.2) is 24.8 Å². The smallest absolute Gasteiger partial charge is 0.0656 e. The first-order valence-electron chi connectivity index (χ1n) is 4.86. The molecular formula is C11H17ClN2O. The van der Waals surface area contributed by atoms with Gasteiger partial charge in [0.15, 0.2) is 0 Å². The standard InChI is InChI=1S/C11H17ClN2O/c1-7-4-10(13)9(12)5-11(7)14(3)8(2)6-15/h4-5,8,15H,6,13H2,1-3H3. The van der Waals surface area contributed by atoms with Crippen molar-refractivity contribution in [2.45, 2.75) is 19.9 Å². The maximum Gasteiger partial charge on any atom is 0.0656 e. The lowest BCUT2D eigenvalue weighted by atomic mass is 10.1. The SMILES string of the molecule is Cc1cc(N)c(Cl)cc1N(C)C(C)CO. The summed E-state index contributed by atoms with van der Waals surface area (Å²) < 4.78 is 0. The first kappa shape index (κ1) is 12.1. The Morgan fingerprint density at radius 1 is 1.53 bits per heavy atom. The highest BCUT2D eigenvalue weighted by Gasteiger charge is 2.12. The second-order valence-corrected chi connectivity index (χ2v) is 4.21. The molecule has 0 saturated heterocycles. The molecule has 1 aromatic rings. The van der Waals surface area contributed by atoms with E-state index in [0.29, 0.717) is 10.7 Å². The zero-order chi connectivity index (χ0) is 11.6. The first-order chi connectivity index (χ1) is 6.97. The van der Waals surface area contributed by atoms with Gasteiger partial charge in [0.1, 0.15) is 0 Å². The van der Waals surface area contributed by atoms with Crippen molar-refractivity contribution in [2.75, 3.05) is 24.3 Å². The fraction of sp³-hybridized carbons (Fsp3) is 0.455. The van der Waals surface area contributed by atoms with Crippen molar-refractivity contribution in [3.63, 3.8) is 0 Å². The summed E-state index contributed by atoms with van der Waals surface area (Å²) >= 11 is 5.96. The Balaban J connectivity index is 3.09. The molecule has 0 radical (unpaired) electrons. The van der Waals surface area contributed by atoms with Crippen molar-refractivity contribution >= 4 is 23.0 Å². The third-order valence-corrected chi connectivity index (χ3v) is 2.95. The van der Waals surface area contributed by atoms with E-state index >= 15 is 0 Å². The fourth-order valence-electron chi connectivity index (χ4n) is 1.43. The average molecular weight is 229 g/mol. The highest BCUT2D eigenvalue weighted by atomic mass is 35.5. The van der Waals surface area contributed by atoms with Gasteiger partial charge >= 0.3 is 0 Å². The monoisotopic (exact) mass is 228 g/mol. The van der Waals surface area contributed by atoms with Gasteiger partial charge < -0.3 is 15.7 Å². The summed E-state index contributed by atoms with van der Waals surface area (Å²) in [5.41, 5.74) is 8.34. The number of nitrogens with two attached hydrogens (primary N) is 1. The number of hydrogen-bond donors (Lipinski definition) is 2. The van der Waals surface area contributed by atoms with Gasteiger partial charge in [0.25, 0.3) is 0 Å². The lowest BCUT2D eigenvalue weighted by Crippen LogP contribution is -2.32. The number of hydrogen-bond acceptors (Lipinski definition) is 3. The molecule has 0 aliphatic carbocycles. The molecule has 0 saturated carbocycles. The topological polar surface area (TPSA) is 49.5 Å². The van der Waals surface area contributed by atoms with Crippen molar-refractivity contribution in [1.29, 1.82) is 0 Å². The van der Waals surface area contributed by atoms with Gasteiger partial charge in [-0.3, -0.25) is 0 Å². The highest BCUT2D eigenvalue weighted by Crippen LogP contribution is 2.29. The van der Waals surface area contributed by atoms with Crippen LogP contribution in [0.3, 0.4) is 0 Å². The molecular weight excluding hydrogens is 212 g/mol. The molecule has 3 nitrogen and oxygen atoms in total. The van der Waals surface area contributed by atoms with E-state index in [4.69, 9.17) is 22.4 Å². The number of aliphatic hydroxyl groups excluding tert-OH is 1. The third-order valence-electron chi connectivity index (χ3n) is 2.62. The highest BCUT2D eigenvalue weighted by molar-refractivity contribution is 6.33. The van der Waals surface area contributed by atoms with Crippen LogP contribution in [0.4, 0.5) is 11.4 Å². The van der Waals surface area contributed by atoms with E-state index in [1.807, 2.05) is 37.9 Å². The van der Waals surface area contributed by atoms with Crippen LogP contribution in [0, 0.1) is 6.92 Å². The van der Waals surface area contributed by atoms with Crippen molar-refractivity contribution in [3.05, 3.63) is 22.7 Å². The van der Waals surface area contributed by atoms with E-state index < -0.39 is 0 Å². The predicted molar refractivity (Wildman–Crippen MR) is 65.6 cm³/mol. The molecule has 0 aromatic heterocycles. The van der Waals surface area contributed by atoms with E-state index in [9.17, 15) is 0 Å². The number of nitrogens with zero attached hydrogens (tertiary/aromatic N) is 1. The Labute approximate surface area is 95.5 Å². The van der Waals surface area contributed by atoms with Crippen LogP contribution in [0.25, 0.3) is 0 Å². The molecule has 84 valence electrons. The summed E-state index contributed by atoms with van der Waals surface area (Å²) in [6, 6.07) is 3.74. The van der Waals surface area contributed by atoms with Gasteiger partial charge in [-0.2, -0.15) is 0 Å². The average Bonchev–Trinajstić information content (AvgIpc) is 2.21. The van der Waals surface area contributed by atoms with Crippen LogP contribution in [-0.2, 0) is 0 Å². The second-order valence-electron chi connectivity index (χ2n) is 3.80. The third kappa shape index (κ3) is 2.55. The number of rotatable bonds is 3. The van der Waals surface area contributed by atoms with Crippen molar-refractivity contribution in [1.82, 2.24) is 0 Å². The molecule has 0 fully saturated rings. The number of benzene rings is 1. The Morgan fingerprint density at radius 2 is 2.13 bits per heavy atom. The zero-order valence-electron chi connectivity index (χ0n) is 9.29. The molecule has 1 unspecified atom stereocenters. The van der Waals surface area contributed by atoms with Gasteiger partial charge in [0, 0.05) is 18.8 Å². The van der Waals surface area contributed by atoms with Crippen molar-refractivity contribution < 1.29 is 5.11 Å². The summed E-state index contributed by atoms with van der Waals surface area (Å²) in [4.78, 5) is 1.99. The molecule has 0 heterocycles. The summed E-state index contributed by atoms with van der Waals surface area (Å²) in [5, 5.41) is 9.63. The van der Waals surface area contributed by atoms with Gasteiger partial charge in [0.2, 0.25) is 0 Å². The van der Waals surface area contributed by atoms with Crippen LogP contribution >= 0.6 is 11.6 Å². The minimum absolute atomic E-state index is 0.0587. The van der Waals surface area contributed by atoms with Crippen LogP contribution in [0.15, 0.2) is 12.1 Å². The Bertz CT molecular complexity index is 355. The van der Waals surface area contributed by atoms with E-state index in [-0.39, 0.29) is 12.6 Å². The number of nitrogen functional groups attached to an aromatic ring is 1. The lowest BCUT2D eigenvalue weighted by molar-refractivity contribution is 0.270. The molecule has 0 aliphatic rings. The van der Waals surface area contributed by atoms with Crippen LogP contribution in [0.1, 0.15) is 12.5 Å². The summed E-state index contributed by atoms with van der Waals surface area (Å²) in [6.45, 7) is 4.03. The van der Waals surface area contributed by atoms with Gasteiger partial charge in [-0.1, -0.05) is 11.6 Å². The number of likely N-dealkylation sites (N-methyl/N-ethyl adjacent to an activating group) is 1. The quantitative estimate of drug-likeness (QED) is 0.779. The lowest BCUT2D eigenvalue weighted by Gasteiger charge is -2.27. The summed E-state index contributed by atoms with van der Waals surface area (Å²) in [5.74, 6) is 0. The van der Waals surface area contributed by atoms with Crippen molar-refractivity contribution in [2.24, 2.45) is 0 Å². The molecule has 1 atom stereocenters. The maximum atomic E-state index is 9.08. The van der Waals surface area contributed by atoms with Gasteiger partial charge in [0.05, 0.1) is 17.3 Å². The molecule has 1 aromatic carbocycles. The van der Waals surface area contributed by atoms with Gasteiger partial charge in [-0.15, -0.1) is 0 Å². The van der Waals surface area contributed by atoms with Crippen LogP contribution in [0.2, 0.25) is 5.02 Å². The Morgan fingerprint density at radius 3 is 2.67 bits per heavy atom. The van der Waals surface area contributed by atoms with Crippen molar-refractivity contribution in [3.8, 4) is 0 Å². The van der Waals surface area contributed by atoms with Gasteiger partial charge in [-0.25, -0.2) is 0 Å². The fourth-order valence-corrected chi connectivity index (χ4v) is 1.59. The maximum absolute atomic E-state index is 9.08. The van der Waals surface area contributed by atoms with E-state index in [0.717, 1.165) is 11.3 Å². The Hall–Kier alpha value is -0.930. The predicted octanol–water partition coefficient (Wildman–Crippen LogP) is 2.05. The van der Waals surface area contributed by atoms with Crippen LogP contribution in [0.5, 0.6) is 0 Å². The number of halogens is 1. The number of aryl methyl sites for hydroxylation is 1. The van der Waals surface area contributed by atoms with E-state index in [2.05, 4.69) is 0 Å². The Kier molecular flexibility index (Phi) is 3.83. The molecule has 0 amide bonds. The molecule has 4 heteroatoms. The molecule has 0 spiro atoms. The number of aliphatic hydroxyl groups is 1. The number of anilines is 2. The molecule has 0 aliphatic heterocycles. The minimum Gasteiger partial charge on any atom is -0.398 e. The zero-order valence-corrected chi connectivity index (χ0v) is 10.0.